The largest absolute Gasteiger partial charge is 0.495 e. The predicted octanol–water partition coefficient (Wildman–Crippen LogP) is 2.06. The quantitative estimate of drug-likeness (QED) is 0.909. The van der Waals surface area contributed by atoms with Crippen molar-refractivity contribution in [2.75, 3.05) is 27.4 Å². The Kier molecular flexibility index (Phi) is 4.88. The Balaban J connectivity index is 2.34. The van der Waals surface area contributed by atoms with Gasteiger partial charge in [-0.1, -0.05) is 0 Å². The van der Waals surface area contributed by atoms with E-state index in [1.807, 2.05) is 0 Å². The van der Waals surface area contributed by atoms with Crippen LogP contribution in [0.25, 0.3) is 0 Å². The van der Waals surface area contributed by atoms with E-state index in [0.717, 1.165) is 12.8 Å². The zero-order valence-corrected chi connectivity index (χ0v) is 13.1. The lowest BCUT2D eigenvalue weighted by molar-refractivity contribution is 0.0677. The fraction of sp³-hybridized carbons (Fsp3) is 0.500. The van der Waals surface area contributed by atoms with Crippen molar-refractivity contribution in [1.29, 1.82) is 0 Å². The Labute approximate surface area is 126 Å². The molecule has 1 amide bonds. The number of amides is 1. The molecule has 5 nitrogen and oxygen atoms in total. The third-order valence-corrected chi connectivity index (χ3v) is 4.32. The first kappa shape index (κ1) is 15.1. The van der Waals surface area contributed by atoms with Crippen LogP contribution in [-0.2, 0) is 0 Å². The lowest BCUT2D eigenvalue weighted by Crippen LogP contribution is -2.37. The summed E-state index contributed by atoms with van der Waals surface area (Å²) in [4.78, 5) is 14.3. The number of carbonyl (C=O) groups is 1. The number of methoxy groups -OCH3 is 2. The van der Waals surface area contributed by atoms with Gasteiger partial charge >= 0.3 is 0 Å². The molecule has 0 unspecified atom stereocenters. The molecule has 110 valence electrons. The molecular formula is C14H18BrNO4. The molecule has 0 bridgehead atoms. The number of aliphatic hydroxyl groups excluding tert-OH is 1. The predicted molar refractivity (Wildman–Crippen MR) is 78.4 cm³/mol. The van der Waals surface area contributed by atoms with Gasteiger partial charge in [-0.05, 0) is 40.9 Å². The van der Waals surface area contributed by atoms with Crippen molar-refractivity contribution < 1.29 is 19.4 Å². The zero-order valence-electron chi connectivity index (χ0n) is 11.6. The van der Waals surface area contributed by atoms with E-state index < -0.39 is 0 Å². The van der Waals surface area contributed by atoms with Crippen molar-refractivity contribution in [1.82, 2.24) is 4.90 Å². The van der Waals surface area contributed by atoms with Gasteiger partial charge in [-0.15, -0.1) is 0 Å². The highest BCUT2D eigenvalue weighted by molar-refractivity contribution is 9.10. The third kappa shape index (κ3) is 2.76. The van der Waals surface area contributed by atoms with Crippen LogP contribution in [0.4, 0.5) is 0 Å². The maximum absolute atomic E-state index is 12.6. The first-order valence-electron chi connectivity index (χ1n) is 6.45. The van der Waals surface area contributed by atoms with Gasteiger partial charge in [-0.25, -0.2) is 0 Å². The average Bonchev–Trinajstić information content (AvgIpc) is 2.95. The number of aliphatic hydroxyl groups is 1. The minimum absolute atomic E-state index is 0.00343. The molecule has 0 radical (unpaired) electrons. The second-order valence-electron chi connectivity index (χ2n) is 4.67. The number of hydrogen-bond acceptors (Lipinski definition) is 4. The van der Waals surface area contributed by atoms with Gasteiger partial charge in [0.05, 0.1) is 26.9 Å². The van der Waals surface area contributed by atoms with Gasteiger partial charge in [0.25, 0.3) is 5.91 Å². The summed E-state index contributed by atoms with van der Waals surface area (Å²) in [5.74, 6) is 0.991. The molecule has 1 aliphatic heterocycles. The maximum atomic E-state index is 12.6. The Hall–Kier alpha value is -1.27. The van der Waals surface area contributed by atoms with Gasteiger partial charge in [-0.3, -0.25) is 4.79 Å². The number of hydrogen-bond donors (Lipinski definition) is 1. The summed E-state index contributed by atoms with van der Waals surface area (Å²) < 4.78 is 11.2. The van der Waals surface area contributed by atoms with Crippen LogP contribution in [0.2, 0.25) is 0 Å². The highest BCUT2D eigenvalue weighted by Crippen LogP contribution is 2.36. The van der Waals surface area contributed by atoms with E-state index in [2.05, 4.69) is 15.9 Å². The van der Waals surface area contributed by atoms with Gasteiger partial charge < -0.3 is 19.5 Å². The van der Waals surface area contributed by atoms with E-state index in [1.165, 1.54) is 0 Å². The Morgan fingerprint density at radius 3 is 2.50 bits per heavy atom. The van der Waals surface area contributed by atoms with Crippen LogP contribution in [0.5, 0.6) is 11.5 Å². The third-order valence-electron chi connectivity index (χ3n) is 3.54. The van der Waals surface area contributed by atoms with E-state index in [4.69, 9.17) is 9.47 Å². The number of ether oxygens (including phenoxy) is 2. The van der Waals surface area contributed by atoms with Gasteiger partial charge in [0, 0.05) is 12.1 Å². The highest BCUT2D eigenvalue weighted by Gasteiger charge is 2.29. The van der Waals surface area contributed by atoms with E-state index in [0.29, 0.717) is 28.1 Å². The van der Waals surface area contributed by atoms with Crippen LogP contribution in [0.15, 0.2) is 16.6 Å². The van der Waals surface area contributed by atoms with Gasteiger partial charge in [0.2, 0.25) is 0 Å². The van der Waals surface area contributed by atoms with E-state index in [1.54, 1.807) is 31.3 Å². The molecule has 0 aliphatic carbocycles. The summed E-state index contributed by atoms with van der Waals surface area (Å²) in [6.07, 6.45) is 1.76. The fourth-order valence-corrected chi connectivity index (χ4v) is 3.00. The lowest BCUT2D eigenvalue weighted by Gasteiger charge is -2.23. The molecular weight excluding hydrogens is 326 g/mol. The molecule has 6 heteroatoms. The van der Waals surface area contributed by atoms with Gasteiger partial charge in [0.15, 0.2) is 0 Å². The summed E-state index contributed by atoms with van der Waals surface area (Å²) in [6.45, 7) is 0.668. The van der Waals surface area contributed by atoms with Crippen molar-refractivity contribution in [3.05, 3.63) is 22.2 Å². The number of rotatable bonds is 4. The summed E-state index contributed by atoms with van der Waals surface area (Å²) in [5, 5.41) is 9.33. The molecule has 2 rings (SSSR count). The topological polar surface area (TPSA) is 59.0 Å². The monoisotopic (exact) mass is 343 g/mol. The molecule has 1 heterocycles. The second-order valence-corrected chi connectivity index (χ2v) is 5.46. The first-order valence-corrected chi connectivity index (χ1v) is 7.25. The maximum Gasteiger partial charge on any atom is 0.254 e. The molecule has 0 saturated carbocycles. The van der Waals surface area contributed by atoms with Crippen molar-refractivity contribution in [2.24, 2.45) is 0 Å². The first-order chi connectivity index (χ1) is 9.62. The molecule has 1 aromatic rings. The molecule has 1 aromatic carbocycles. The smallest absolute Gasteiger partial charge is 0.254 e. The van der Waals surface area contributed by atoms with Gasteiger partial charge in [-0.2, -0.15) is 0 Å². The molecule has 20 heavy (non-hydrogen) atoms. The summed E-state index contributed by atoms with van der Waals surface area (Å²) >= 11 is 3.38. The standard InChI is InChI=1S/C14H18BrNO4/c1-19-11-6-9(7-12(20-2)13(11)15)14(18)16-5-3-4-10(16)8-17/h6-7,10,17H,3-5,8H2,1-2H3/t10-/m1/s1. The van der Waals surface area contributed by atoms with Crippen LogP contribution in [0.3, 0.4) is 0 Å². The van der Waals surface area contributed by atoms with Crippen LogP contribution >= 0.6 is 15.9 Å². The zero-order chi connectivity index (χ0) is 14.7. The lowest BCUT2D eigenvalue weighted by atomic mass is 10.1. The molecule has 0 aromatic heterocycles. The molecule has 0 spiro atoms. The Morgan fingerprint density at radius 2 is 2.00 bits per heavy atom. The molecule has 1 aliphatic rings. The van der Waals surface area contributed by atoms with E-state index >= 15 is 0 Å². The fourth-order valence-electron chi connectivity index (χ4n) is 2.45. The Bertz CT molecular complexity index is 481. The van der Waals surface area contributed by atoms with Gasteiger partial charge in [0.1, 0.15) is 16.0 Å². The average molecular weight is 344 g/mol. The van der Waals surface area contributed by atoms with E-state index in [9.17, 15) is 9.90 Å². The molecule has 1 fully saturated rings. The van der Waals surface area contributed by atoms with Crippen LogP contribution in [0.1, 0.15) is 23.2 Å². The van der Waals surface area contributed by atoms with Crippen molar-refractivity contribution in [2.45, 2.75) is 18.9 Å². The summed E-state index contributed by atoms with van der Waals surface area (Å²) in [7, 11) is 3.08. The molecule has 1 saturated heterocycles. The Morgan fingerprint density at radius 1 is 1.40 bits per heavy atom. The molecule has 1 atom stereocenters. The normalized spacial score (nSPS) is 18.2. The van der Waals surface area contributed by atoms with Crippen molar-refractivity contribution >= 4 is 21.8 Å². The number of likely N-dealkylation sites (tertiary alicyclic amines) is 1. The SMILES string of the molecule is COc1cc(C(=O)N2CCC[C@@H]2CO)cc(OC)c1Br. The summed E-state index contributed by atoms with van der Waals surface area (Å²) in [6, 6.07) is 3.27. The molecule has 1 N–H and O–H groups in total. The van der Waals surface area contributed by atoms with Crippen LogP contribution in [0, 0.1) is 0 Å². The van der Waals surface area contributed by atoms with E-state index in [-0.39, 0.29) is 18.6 Å². The highest BCUT2D eigenvalue weighted by atomic mass is 79.9. The minimum atomic E-state index is -0.106. The number of benzene rings is 1. The van der Waals surface area contributed by atoms with Crippen LogP contribution < -0.4 is 9.47 Å². The second kappa shape index (κ2) is 6.45. The van der Waals surface area contributed by atoms with Crippen molar-refractivity contribution in [3.8, 4) is 11.5 Å². The number of nitrogens with zero attached hydrogens (tertiary/aromatic N) is 1. The van der Waals surface area contributed by atoms with Crippen molar-refractivity contribution in [3.63, 3.8) is 0 Å². The minimum Gasteiger partial charge on any atom is -0.495 e. The number of halogens is 1. The number of carbonyl (C=O) groups excluding carboxylic acids is 1. The van der Waals surface area contributed by atoms with Crippen LogP contribution in [-0.4, -0.2) is 49.3 Å². The summed E-state index contributed by atoms with van der Waals surface area (Å²) in [5.41, 5.74) is 0.502.